The molecule has 0 radical (unpaired) electrons. The van der Waals surface area contributed by atoms with Crippen LogP contribution in [0.4, 0.5) is 0 Å². The molecule has 2 nitrogen and oxygen atoms in total. The molecule has 1 unspecified atom stereocenters. The first-order valence-electron chi connectivity index (χ1n) is 7.11. The molecule has 0 aromatic carbocycles. The third kappa shape index (κ3) is 4.84. The Morgan fingerprint density at radius 1 is 1.25 bits per heavy atom. The number of nitrogens with one attached hydrogen (secondary N) is 1. The van der Waals surface area contributed by atoms with E-state index in [-0.39, 0.29) is 0 Å². The maximum absolute atomic E-state index is 3.66. The van der Waals surface area contributed by atoms with Crippen molar-refractivity contribution in [1.29, 1.82) is 0 Å². The van der Waals surface area contributed by atoms with E-state index in [9.17, 15) is 0 Å². The van der Waals surface area contributed by atoms with Crippen molar-refractivity contribution in [2.24, 2.45) is 5.92 Å². The van der Waals surface area contributed by atoms with Crippen molar-refractivity contribution < 1.29 is 0 Å². The van der Waals surface area contributed by atoms with Gasteiger partial charge in [-0.25, -0.2) is 0 Å². The molecular weight excluding hydrogens is 196 g/mol. The first-order valence-corrected chi connectivity index (χ1v) is 7.11. The summed E-state index contributed by atoms with van der Waals surface area (Å²) in [5, 5.41) is 3.66. The third-order valence-electron chi connectivity index (χ3n) is 3.94. The Labute approximate surface area is 102 Å². The normalized spacial score (nSPS) is 19.1. The highest BCUT2D eigenvalue weighted by molar-refractivity contribution is 4.75. The summed E-state index contributed by atoms with van der Waals surface area (Å²) in [7, 11) is 0. The van der Waals surface area contributed by atoms with Crippen LogP contribution >= 0.6 is 0 Å². The fraction of sp³-hybridized carbons (Fsp3) is 1.00. The Morgan fingerprint density at radius 2 is 1.94 bits per heavy atom. The number of likely N-dealkylation sites (N-methyl/N-ethyl adjacent to an activating group) is 1. The molecule has 16 heavy (non-hydrogen) atoms. The summed E-state index contributed by atoms with van der Waals surface area (Å²) in [6, 6.07) is 1.38. The summed E-state index contributed by atoms with van der Waals surface area (Å²) in [6.07, 6.45) is 5.79. The summed E-state index contributed by atoms with van der Waals surface area (Å²) in [5.41, 5.74) is 0. The van der Waals surface area contributed by atoms with Gasteiger partial charge in [-0.05, 0) is 39.7 Å². The van der Waals surface area contributed by atoms with Gasteiger partial charge in [-0.15, -0.1) is 0 Å². The van der Waals surface area contributed by atoms with Crippen molar-refractivity contribution in [3.05, 3.63) is 0 Å². The van der Waals surface area contributed by atoms with Crippen LogP contribution in [0.2, 0.25) is 0 Å². The highest BCUT2D eigenvalue weighted by atomic mass is 15.2. The number of nitrogens with zero attached hydrogens (tertiary/aromatic N) is 1. The average molecular weight is 226 g/mol. The second-order valence-electron chi connectivity index (χ2n) is 5.61. The van der Waals surface area contributed by atoms with E-state index < -0.39 is 0 Å². The van der Waals surface area contributed by atoms with Crippen LogP contribution in [-0.4, -0.2) is 36.6 Å². The summed E-state index contributed by atoms with van der Waals surface area (Å²) in [6.45, 7) is 12.6. The van der Waals surface area contributed by atoms with E-state index in [1.54, 1.807) is 0 Å². The molecule has 0 aromatic heterocycles. The Morgan fingerprint density at radius 3 is 2.38 bits per heavy atom. The minimum Gasteiger partial charge on any atom is -0.313 e. The van der Waals surface area contributed by atoms with Gasteiger partial charge in [0, 0.05) is 25.2 Å². The molecule has 1 saturated carbocycles. The Balaban J connectivity index is 2.04. The molecular formula is C14H30N2. The summed E-state index contributed by atoms with van der Waals surface area (Å²) in [5.74, 6) is 1.02. The monoisotopic (exact) mass is 226 g/mol. The molecule has 1 rings (SSSR count). The fourth-order valence-corrected chi connectivity index (χ4v) is 2.55. The SMILES string of the molecule is CCN(CCNC(C)CC1CCC1)C(C)C. The quantitative estimate of drug-likeness (QED) is 0.684. The van der Waals surface area contributed by atoms with Crippen molar-refractivity contribution in [3.8, 4) is 0 Å². The molecule has 0 aromatic rings. The van der Waals surface area contributed by atoms with Crippen LogP contribution in [0.1, 0.15) is 53.4 Å². The molecule has 0 spiro atoms. The van der Waals surface area contributed by atoms with E-state index in [4.69, 9.17) is 0 Å². The number of rotatable bonds is 8. The zero-order valence-corrected chi connectivity index (χ0v) is 11.6. The summed E-state index contributed by atoms with van der Waals surface area (Å²) in [4.78, 5) is 2.52. The van der Waals surface area contributed by atoms with Gasteiger partial charge in [-0.2, -0.15) is 0 Å². The molecule has 1 atom stereocenters. The molecule has 1 N–H and O–H groups in total. The van der Waals surface area contributed by atoms with Gasteiger partial charge in [-0.3, -0.25) is 4.90 Å². The van der Waals surface area contributed by atoms with Gasteiger partial charge in [0.25, 0.3) is 0 Å². The first-order chi connectivity index (χ1) is 7.63. The summed E-state index contributed by atoms with van der Waals surface area (Å²) < 4.78 is 0. The average Bonchev–Trinajstić information content (AvgIpc) is 2.18. The van der Waals surface area contributed by atoms with Crippen molar-refractivity contribution in [1.82, 2.24) is 10.2 Å². The Hall–Kier alpha value is -0.0800. The summed E-state index contributed by atoms with van der Waals surface area (Å²) >= 11 is 0. The van der Waals surface area contributed by atoms with Gasteiger partial charge in [0.05, 0.1) is 0 Å². The second-order valence-corrected chi connectivity index (χ2v) is 5.61. The lowest BCUT2D eigenvalue weighted by atomic mass is 9.81. The standard InChI is InChI=1S/C14H30N2/c1-5-16(12(2)3)10-9-15-13(4)11-14-7-6-8-14/h12-15H,5-11H2,1-4H3. The molecule has 1 aliphatic rings. The molecule has 0 amide bonds. The van der Waals surface area contributed by atoms with Gasteiger partial charge in [-0.1, -0.05) is 26.2 Å². The van der Waals surface area contributed by atoms with E-state index in [1.165, 1.54) is 32.2 Å². The lowest BCUT2D eigenvalue weighted by molar-refractivity contribution is 0.222. The Kier molecular flexibility index (Phi) is 6.37. The highest BCUT2D eigenvalue weighted by Crippen LogP contribution is 2.30. The molecule has 0 bridgehead atoms. The molecule has 0 aliphatic heterocycles. The molecule has 0 heterocycles. The highest BCUT2D eigenvalue weighted by Gasteiger charge is 2.19. The predicted octanol–water partition coefficient (Wildman–Crippen LogP) is 2.89. The van der Waals surface area contributed by atoms with Gasteiger partial charge in [0.15, 0.2) is 0 Å². The smallest absolute Gasteiger partial charge is 0.0110 e. The molecule has 0 saturated heterocycles. The predicted molar refractivity (Wildman–Crippen MR) is 71.8 cm³/mol. The van der Waals surface area contributed by atoms with Crippen LogP contribution < -0.4 is 5.32 Å². The van der Waals surface area contributed by atoms with Gasteiger partial charge >= 0.3 is 0 Å². The van der Waals surface area contributed by atoms with Gasteiger partial charge in [0.1, 0.15) is 0 Å². The largest absolute Gasteiger partial charge is 0.313 e. The van der Waals surface area contributed by atoms with E-state index in [2.05, 4.69) is 37.9 Å². The minimum atomic E-state index is 0.675. The number of hydrogen-bond acceptors (Lipinski definition) is 2. The fourth-order valence-electron chi connectivity index (χ4n) is 2.55. The van der Waals surface area contributed by atoms with Crippen molar-refractivity contribution >= 4 is 0 Å². The van der Waals surface area contributed by atoms with Crippen LogP contribution in [0.15, 0.2) is 0 Å². The van der Waals surface area contributed by atoms with E-state index in [0.29, 0.717) is 12.1 Å². The van der Waals surface area contributed by atoms with Crippen LogP contribution in [0.3, 0.4) is 0 Å². The maximum Gasteiger partial charge on any atom is 0.0110 e. The molecule has 96 valence electrons. The maximum atomic E-state index is 3.66. The lowest BCUT2D eigenvalue weighted by Gasteiger charge is -2.30. The zero-order chi connectivity index (χ0) is 12.0. The number of hydrogen-bond donors (Lipinski definition) is 1. The topological polar surface area (TPSA) is 15.3 Å². The minimum absolute atomic E-state index is 0.675. The zero-order valence-electron chi connectivity index (χ0n) is 11.6. The van der Waals surface area contributed by atoms with Crippen molar-refractivity contribution in [3.63, 3.8) is 0 Å². The van der Waals surface area contributed by atoms with Crippen molar-refractivity contribution in [2.75, 3.05) is 19.6 Å². The van der Waals surface area contributed by atoms with Crippen LogP contribution in [0.5, 0.6) is 0 Å². The van der Waals surface area contributed by atoms with Gasteiger partial charge < -0.3 is 5.32 Å². The van der Waals surface area contributed by atoms with E-state index in [0.717, 1.165) is 19.0 Å². The molecule has 1 fully saturated rings. The molecule has 1 aliphatic carbocycles. The van der Waals surface area contributed by atoms with Crippen LogP contribution in [0, 0.1) is 5.92 Å². The third-order valence-corrected chi connectivity index (χ3v) is 3.94. The van der Waals surface area contributed by atoms with E-state index >= 15 is 0 Å². The first kappa shape index (κ1) is 14.0. The Bertz CT molecular complexity index is 176. The van der Waals surface area contributed by atoms with Crippen LogP contribution in [-0.2, 0) is 0 Å². The molecule has 2 heteroatoms. The van der Waals surface area contributed by atoms with Gasteiger partial charge in [0.2, 0.25) is 0 Å². The van der Waals surface area contributed by atoms with Crippen LogP contribution in [0.25, 0.3) is 0 Å². The van der Waals surface area contributed by atoms with Crippen molar-refractivity contribution in [2.45, 2.75) is 65.5 Å². The van der Waals surface area contributed by atoms with E-state index in [1.807, 2.05) is 0 Å². The lowest BCUT2D eigenvalue weighted by Crippen LogP contribution is -2.40. The second kappa shape index (κ2) is 7.29.